The van der Waals surface area contributed by atoms with Gasteiger partial charge in [0.1, 0.15) is 11.6 Å². The number of aryl methyl sites for hydroxylation is 1. The molecule has 0 unspecified atom stereocenters. The normalized spacial score (nSPS) is 13.1. The van der Waals surface area contributed by atoms with E-state index in [4.69, 9.17) is 5.73 Å². The van der Waals surface area contributed by atoms with Crippen molar-refractivity contribution in [1.82, 2.24) is 4.98 Å². The number of thiazole rings is 1. The number of nitrogens with zero attached hydrogens (tertiary/aromatic N) is 4. The Morgan fingerprint density at radius 2 is 2.19 bits per heavy atom. The van der Waals surface area contributed by atoms with Gasteiger partial charge in [0.15, 0.2) is 11.1 Å². The van der Waals surface area contributed by atoms with Crippen LogP contribution in [-0.4, -0.2) is 53.0 Å². The minimum absolute atomic E-state index is 0.264. The fraction of sp³-hybridized carbons (Fsp3) is 0.615. The molecule has 0 aliphatic heterocycles. The van der Waals surface area contributed by atoms with Crippen LogP contribution in [0.1, 0.15) is 18.5 Å². The number of nitrogens with one attached hydrogen (secondary N) is 1. The number of nitrogens with two attached hydrogens (primary N) is 1. The van der Waals surface area contributed by atoms with E-state index >= 15 is 0 Å². The van der Waals surface area contributed by atoms with Gasteiger partial charge in [-0.05, 0) is 25.5 Å². The minimum Gasteiger partial charge on any atom is -0.370 e. The summed E-state index contributed by atoms with van der Waals surface area (Å²) in [5.41, 5.74) is 6.16. The quantitative estimate of drug-likeness (QED) is 0.212. The maximum atomic E-state index is 12.0. The third-order valence-corrected chi connectivity index (χ3v) is 4.38. The first-order valence-corrected chi connectivity index (χ1v) is 9.57. The fourth-order valence-electron chi connectivity index (χ4n) is 1.71. The third kappa shape index (κ3) is 10.2. The zero-order chi connectivity index (χ0) is 19.6. The van der Waals surface area contributed by atoms with Crippen LogP contribution in [0.3, 0.4) is 0 Å². The van der Waals surface area contributed by atoms with Gasteiger partial charge in [-0.2, -0.15) is 13.2 Å². The second-order valence-corrected chi connectivity index (χ2v) is 6.75. The van der Waals surface area contributed by atoms with Crippen LogP contribution in [-0.2, 0) is 6.42 Å². The summed E-state index contributed by atoms with van der Waals surface area (Å²) in [6.07, 6.45) is -0.465. The average molecular weight is 412 g/mol. The molecule has 0 saturated carbocycles. The number of alkyl halides is 3. The van der Waals surface area contributed by atoms with Crippen LogP contribution in [0.5, 0.6) is 0 Å². The lowest BCUT2D eigenvalue weighted by atomic mass is 10.2. The Labute approximate surface area is 156 Å². The number of hydrogen-bond acceptors (Lipinski definition) is 7. The standard InChI is InChI=1S/C13H19F3N6O2S2/c1-25-10(6-22(23)24)18-5-3-2-4-9-7-26-12(20-9)21-11(17)19-8-13(14,15)16/h7H,2-6,8H2,1H3,(H3,17,19,20,21). The molecule has 146 valence electrons. The monoisotopic (exact) mass is 412 g/mol. The number of aromatic nitrogens is 1. The van der Waals surface area contributed by atoms with Crippen molar-refractivity contribution in [3.05, 3.63) is 21.2 Å². The third-order valence-electron chi connectivity index (χ3n) is 2.84. The molecule has 0 atom stereocenters. The molecule has 3 N–H and O–H groups in total. The molecule has 0 fully saturated rings. The molecule has 1 rings (SSSR count). The molecule has 1 aromatic rings. The summed E-state index contributed by atoms with van der Waals surface area (Å²) in [6, 6.07) is 0. The molecule has 0 aliphatic rings. The zero-order valence-corrected chi connectivity index (χ0v) is 15.6. The number of anilines is 1. The molecule has 0 radical (unpaired) electrons. The Kier molecular flexibility index (Phi) is 9.34. The molecule has 0 saturated heterocycles. The van der Waals surface area contributed by atoms with Crippen LogP contribution in [0.25, 0.3) is 0 Å². The van der Waals surface area contributed by atoms with Crippen LogP contribution in [0, 0.1) is 10.1 Å². The number of unbranched alkanes of at least 4 members (excludes halogenated alkanes) is 1. The summed E-state index contributed by atoms with van der Waals surface area (Å²) in [7, 11) is 0. The molecule has 1 heterocycles. The molecule has 13 heteroatoms. The first-order chi connectivity index (χ1) is 12.2. The first kappa shape index (κ1) is 22.2. The second-order valence-electron chi connectivity index (χ2n) is 5.01. The second kappa shape index (κ2) is 11.0. The highest BCUT2D eigenvalue weighted by Gasteiger charge is 2.26. The Bertz CT molecular complexity index is 648. The lowest BCUT2D eigenvalue weighted by molar-refractivity contribution is -0.462. The van der Waals surface area contributed by atoms with E-state index in [1.165, 1.54) is 23.1 Å². The van der Waals surface area contributed by atoms with Crippen molar-refractivity contribution in [2.45, 2.75) is 25.4 Å². The van der Waals surface area contributed by atoms with E-state index in [-0.39, 0.29) is 12.5 Å². The first-order valence-electron chi connectivity index (χ1n) is 7.47. The Morgan fingerprint density at radius 1 is 1.46 bits per heavy atom. The fourth-order valence-corrected chi connectivity index (χ4v) is 2.92. The Hall–Kier alpha value is -1.89. The maximum absolute atomic E-state index is 12.0. The van der Waals surface area contributed by atoms with E-state index in [9.17, 15) is 23.3 Å². The van der Waals surface area contributed by atoms with Gasteiger partial charge in [-0.25, -0.2) is 9.98 Å². The Morgan fingerprint density at radius 3 is 2.81 bits per heavy atom. The van der Waals surface area contributed by atoms with Crippen molar-refractivity contribution in [3.63, 3.8) is 0 Å². The minimum atomic E-state index is -4.40. The van der Waals surface area contributed by atoms with Crippen LogP contribution >= 0.6 is 23.1 Å². The van der Waals surface area contributed by atoms with Crippen molar-refractivity contribution in [2.75, 3.05) is 31.2 Å². The summed E-state index contributed by atoms with van der Waals surface area (Å²) in [6.45, 7) is -1.12. The van der Waals surface area contributed by atoms with Crippen LogP contribution in [0.2, 0.25) is 0 Å². The number of nitro groups is 1. The van der Waals surface area contributed by atoms with Gasteiger partial charge in [-0.1, -0.05) is 0 Å². The molecule has 0 aliphatic carbocycles. The van der Waals surface area contributed by atoms with Gasteiger partial charge < -0.3 is 11.1 Å². The van der Waals surface area contributed by atoms with Gasteiger partial charge in [0.05, 0.1) is 5.69 Å². The lowest BCUT2D eigenvalue weighted by Gasteiger charge is -2.04. The highest BCUT2D eigenvalue weighted by molar-refractivity contribution is 8.13. The van der Waals surface area contributed by atoms with Crippen molar-refractivity contribution in [1.29, 1.82) is 0 Å². The topological polar surface area (TPSA) is 119 Å². The van der Waals surface area contributed by atoms with Gasteiger partial charge in [0.25, 0.3) is 6.54 Å². The average Bonchev–Trinajstić information content (AvgIpc) is 2.97. The number of thioether (sulfide) groups is 1. The molecule has 0 spiro atoms. The smallest absolute Gasteiger partial charge is 0.370 e. The maximum Gasteiger partial charge on any atom is 0.408 e. The molecule has 0 bridgehead atoms. The number of aliphatic imine (C=N–C) groups is 2. The van der Waals surface area contributed by atoms with Crippen molar-refractivity contribution >= 4 is 39.2 Å². The number of halogens is 3. The molecular weight excluding hydrogens is 393 g/mol. The van der Waals surface area contributed by atoms with E-state index in [1.807, 2.05) is 0 Å². The summed E-state index contributed by atoms with van der Waals surface area (Å²) in [4.78, 5) is 21.6. The molecule has 0 amide bonds. The van der Waals surface area contributed by atoms with E-state index in [0.29, 0.717) is 23.1 Å². The van der Waals surface area contributed by atoms with Crippen molar-refractivity contribution in [2.24, 2.45) is 15.7 Å². The predicted octanol–water partition coefficient (Wildman–Crippen LogP) is 2.79. The number of hydrogen-bond donors (Lipinski definition) is 2. The molecular formula is C13H19F3N6O2S2. The predicted molar refractivity (Wildman–Crippen MR) is 98.9 cm³/mol. The lowest BCUT2D eigenvalue weighted by Crippen LogP contribution is -2.25. The number of guanidine groups is 1. The highest BCUT2D eigenvalue weighted by Crippen LogP contribution is 2.18. The summed E-state index contributed by atoms with van der Waals surface area (Å²) >= 11 is 2.48. The van der Waals surface area contributed by atoms with Gasteiger partial charge in [-0.15, -0.1) is 23.1 Å². The van der Waals surface area contributed by atoms with Gasteiger partial charge >= 0.3 is 6.18 Å². The van der Waals surface area contributed by atoms with Crippen molar-refractivity contribution < 1.29 is 18.1 Å². The Balaban J connectivity index is 2.36. The van der Waals surface area contributed by atoms with Crippen LogP contribution in [0.15, 0.2) is 15.4 Å². The summed E-state index contributed by atoms with van der Waals surface area (Å²) < 4.78 is 36.1. The van der Waals surface area contributed by atoms with E-state index < -0.39 is 17.6 Å². The largest absolute Gasteiger partial charge is 0.408 e. The SMILES string of the molecule is CSC(C[N+](=O)[O-])=NCCCCc1csc(NC(N)=NCC(F)(F)F)n1. The van der Waals surface area contributed by atoms with Crippen LogP contribution < -0.4 is 11.1 Å². The molecule has 0 aromatic carbocycles. The van der Waals surface area contributed by atoms with E-state index in [0.717, 1.165) is 18.5 Å². The molecule has 8 nitrogen and oxygen atoms in total. The molecule has 26 heavy (non-hydrogen) atoms. The summed E-state index contributed by atoms with van der Waals surface area (Å²) in [5.74, 6) is -0.340. The number of rotatable bonds is 9. The van der Waals surface area contributed by atoms with Crippen molar-refractivity contribution in [3.8, 4) is 0 Å². The van der Waals surface area contributed by atoms with E-state index in [2.05, 4.69) is 20.3 Å². The van der Waals surface area contributed by atoms with Gasteiger partial charge in [0, 0.05) is 16.8 Å². The van der Waals surface area contributed by atoms with Gasteiger partial charge in [0.2, 0.25) is 0 Å². The summed E-state index contributed by atoms with van der Waals surface area (Å²) in [5, 5.41) is 15.6. The highest BCUT2D eigenvalue weighted by atomic mass is 32.2. The van der Waals surface area contributed by atoms with Gasteiger partial charge in [-0.3, -0.25) is 15.1 Å². The van der Waals surface area contributed by atoms with Crippen LogP contribution in [0.4, 0.5) is 18.3 Å². The molecule has 1 aromatic heterocycles. The zero-order valence-electron chi connectivity index (χ0n) is 14.0. The van der Waals surface area contributed by atoms with E-state index in [1.54, 1.807) is 11.6 Å².